The molecule has 4 aromatic rings. The number of phenolic OH excluding ortho intramolecular Hbond substituents is 1. The van der Waals surface area contributed by atoms with Crippen molar-refractivity contribution in [2.75, 3.05) is 77.6 Å². The van der Waals surface area contributed by atoms with E-state index in [1.54, 1.807) is 0 Å². The molecule has 4 heterocycles. The second kappa shape index (κ2) is 14.4. The fraction of sp³-hybridized carbons (Fsp3) is 0.472. The molecule has 3 fully saturated rings. The van der Waals surface area contributed by atoms with E-state index in [1.165, 1.54) is 31.4 Å². The molecule has 2 aliphatic heterocycles. The van der Waals surface area contributed by atoms with Gasteiger partial charge in [-0.05, 0) is 42.8 Å². The average molecular weight is 661 g/mol. The van der Waals surface area contributed by atoms with Crippen molar-refractivity contribution < 1.29 is 28.1 Å². The molecule has 10 nitrogen and oxygen atoms in total. The normalized spacial score (nSPS) is 17.7. The van der Waals surface area contributed by atoms with Crippen molar-refractivity contribution in [3.63, 3.8) is 0 Å². The summed E-state index contributed by atoms with van der Waals surface area (Å²) in [7, 11) is 1.44. The molecule has 12 heteroatoms. The topological polar surface area (TPSA) is 105 Å². The lowest BCUT2D eigenvalue weighted by atomic mass is 9.95. The van der Waals surface area contributed by atoms with E-state index in [1.807, 2.05) is 18.7 Å². The Labute approximate surface area is 279 Å². The van der Waals surface area contributed by atoms with Crippen LogP contribution >= 0.6 is 0 Å². The molecule has 7 rings (SSSR count). The summed E-state index contributed by atoms with van der Waals surface area (Å²) < 4.78 is 49.4. The van der Waals surface area contributed by atoms with Gasteiger partial charge in [0.25, 0.3) is 0 Å². The van der Waals surface area contributed by atoms with E-state index in [4.69, 9.17) is 25.6 Å². The van der Waals surface area contributed by atoms with E-state index < -0.39 is 11.6 Å². The zero-order valence-electron chi connectivity index (χ0n) is 27.7. The number of hydrogen-bond donors (Lipinski definition) is 2. The molecule has 2 aromatic carbocycles. The number of nitrogens with one attached hydrogen (secondary N) is 1. The van der Waals surface area contributed by atoms with Gasteiger partial charge in [-0.1, -0.05) is 25.8 Å². The van der Waals surface area contributed by atoms with E-state index in [2.05, 4.69) is 26.1 Å². The Morgan fingerprint density at radius 3 is 2.56 bits per heavy atom. The summed E-state index contributed by atoms with van der Waals surface area (Å²) in [5.41, 5.74) is -0.210. The van der Waals surface area contributed by atoms with Crippen molar-refractivity contribution in [2.24, 2.45) is 5.41 Å². The standard InChI is InChI=1S/C34H36F2N6O4.C2H6/c1-3-23-25(35)6-5-21-17-22(43)18-24(26(21)23)29-28(36)30-27(32(38-29)44-2)31(42-12-9-37-10-13-42)40-33(39-30)46-20-34(7-8-34)19-41-11-4-15-45-16-14-41;1-2/h1,5-6,17-18,37,43H,4,7-16,19-20H2,2H3;1-2H3. The molecule has 0 atom stereocenters. The summed E-state index contributed by atoms with van der Waals surface area (Å²) in [5, 5.41) is 14.9. The maximum Gasteiger partial charge on any atom is 0.319 e. The fourth-order valence-corrected chi connectivity index (χ4v) is 6.52. The van der Waals surface area contributed by atoms with E-state index in [0.717, 1.165) is 65.2 Å². The monoisotopic (exact) mass is 660 g/mol. The number of piperazine rings is 1. The van der Waals surface area contributed by atoms with Gasteiger partial charge >= 0.3 is 6.01 Å². The predicted molar refractivity (Wildman–Crippen MR) is 182 cm³/mol. The number of anilines is 1. The Morgan fingerprint density at radius 2 is 1.83 bits per heavy atom. The van der Waals surface area contributed by atoms with Gasteiger partial charge in [0.1, 0.15) is 34.0 Å². The number of fused-ring (bicyclic) bond motifs is 2. The van der Waals surface area contributed by atoms with Crippen molar-refractivity contribution in [2.45, 2.75) is 33.1 Å². The molecule has 0 bridgehead atoms. The SMILES string of the molecule is C#Cc1c(F)ccc2cc(O)cc(-c3nc(OC)c4c(N5CCNCC5)nc(OCC5(CN6CCCOCC6)CC5)nc4c3F)c12.CC. The third-order valence-corrected chi connectivity index (χ3v) is 9.11. The van der Waals surface area contributed by atoms with Gasteiger partial charge in [-0.15, -0.1) is 6.42 Å². The van der Waals surface area contributed by atoms with Crippen molar-refractivity contribution in [1.82, 2.24) is 25.2 Å². The summed E-state index contributed by atoms with van der Waals surface area (Å²) in [6, 6.07) is 5.52. The first-order valence-electron chi connectivity index (χ1n) is 16.7. The summed E-state index contributed by atoms with van der Waals surface area (Å²) >= 11 is 0. The minimum Gasteiger partial charge on any atom is -0.508 e. The third-order valence-electron chi connectivity index (χ3n) is 9.11. The molecular formula is C36H42F2N6O4. The van der Waals surface area contributed by atoms with Gasteiger partial charge in [0.2, 0.25) is 5.88 Å². The number of nitrogens with zero attached hydrogens (tertiary/aromatic N) is 5. The largest absolute Gasteiger partial charge is 0.508 e. The zero-order chi connectivity index (χ0) is 33.8. The van der Waals surface area contributed by atoms with Crippen LogP contribution in [-0.2, 0) is 4.74 Å². The van der Waals surface area contributed by atoms with Gasteiger partial charge in [-0.25, -0.2) is 13.8 Å². The summed E-state index contributed by atoms with van der Waals surface area (Å²) in [4.78, 5) is 18.4. The van der Waals surface area contributed by atoms with Crippen molar-refractivity contribution in [1.29, 1.82) is 0 Å². The number of hydrogen-bond acceptors (Lipinski definition) is 10. The van der Waals surface area contributed by atoms with Crippen LogP contribution in [-0.4, -0.2) is 97.7 Å². The van der Waals surface area contributed by atoms with Gasteiger partial charge in [0, 0.05) is 68.8 Å². The van der Waals surface area contributed by atoms with Gasteiger partial charge in [0.15, 0.2) is 5.82 Å². The molecule has 1 saturated carbocycles. The van der Waals surface area contributed by atoms with Crippen LogP contribution in [0.2, 0.25) is 0 Å². The smallest absolute Gasteiger partial charge is 0.319 e. The molecule has 2 saturated heterocycles. The number of ether oxygens (including phenoxy) is 3. The van der Waals surface area contributed by atoms with Crippen LogP contribution in [0, 0.1) is 29.4 Å². The van der Waals surface area contributed by atoms with Crippen LogP contribution in [0.1, 0.15) is 38.7 Å². The van der Waals surface area contributed by atoms with Crippen molar-refractivity contribution >= 4 is 27.5 Å². The maximum absolute atomic E-state index is 16.9. The highest BCUT2D eigenvalue weighted by atomic mass is 19.1. The molecule has 48 heavy (non-hydrogen) atoms. The van der Waals surface area contributed by atoms with Crippen LogP contribution < -0.4 is 19.7 Å². The Hall–Kier alpha value is -4.31. The first kappa shape index (κ1) is 33.6. The average Bonchev–Trinajstić information content (AvgIpc) is 3.93. The number of aromatic nitrogens is 3. The summed E-state index contributed by atoms with van der Waals surface area (Å²) in [6.07, 6.45) is 8.75. The van der Waals surface area contributed by atoms with Crippen LogP contribution in [0.4, 0.5) is 14.6 Å². The first-order chi connectivity index (χ1) is 23.4. The minimum atomic E-state index is -0.788. The predicted octanol–water partition coefficient (Wildman–Crippen LogP) is 5.14. The number of pyridine rings is 1. The molecule has 0 spiro atoms. The lowest BCUT2D eigenvalue weighted by Gasteiger charge is -2.30. The molecule has 0 amide bonds. The Balaban J connectivity index is 0.00000197. The van der Waals surface area contributed by atoms with Crippen LogP contribution in [0.25, 0.3) is 32.9 Å². The minimum absolute atomic E-state index is 0.0202. The lowest BCUT2D eigenvalue weighted by molar-refractivity contribution is 0.127. The van der Waals surface area contributed by atoms with Gasteiger partial charge in [0.05, 0.1) is 25.9 Å². The summed E-state index contributed by atoms with van der Waals surface area (Å²) in [5.74, 6) is 1.34. The van der Waals surface area contributed by atoms with Gasteiger partial charge in [-0.3, -0.25) is 0 Å². The van der Waals surface area contributed by atoms with Crippen LogP contribution in [0.5, 0.6) is 17.6 Å². The van der Waals surface area contributed by atoms with Crippen molar-refractivity contribution in [3.05, 3.63) is 41.5 Å². The number of methoxy groups -OCH3 is 1. The highest BCUT2D eigenvalue weighted by Gasteiger charge is 2.45. The Morgan fingerprint density at radius 1 is 1.04 bits per heavy atom. The molecular weight excluding hydrogens is 618 g/mol. The molecule has 2 aromatic heterocycles. The second-order valence-corrected chi connectivity index (χ2v) is 12.3. The quantitative estimate of drug-likeness (QED) is 0.247. The molecule has 2 N–H and O–H groups in total. The number of benzene rings is 2. The van der Waals surface area contributed by atoms with Crippen LogP contribution in [0.3, 0.4) is 0 Å². The lowest BCUT2D eigenvalue weighted by Crippen LogP contribution is -2.44. The number of aromatic hydroxyl groups is 1. The molecule has 0 unspecified atom stereocenters. The van der Waals surface area contributed by atoms with E-state index in [-0.39, 0.29) is 50.8 Å². The van der Waals surface area contributed by atoms with E-state index >= 15 is 4.39 Å². The Kier molecular flexibility index (Phi) is 10.1. The zero-order valence-corrected chi connectivity index (χ0v) is 27.7. The number of phenols is 1. The van der Waals surface area contributed by atoms with Gasteiger partial charge in [-0.2, -0.15) is 9.97 Å². The summed E-state index contributed by atoms with van der Waals surface area (Å²) in [6.45, 7) is 11.4. The highest BCUT2D eigenvalue weighted by molar-refractivity contribution is 6.04. The molecule has 1 aliphatic carbocycles. The molecule has 0 radical (unpaired) electrons. The number of halogens is 2. The van der Waals surface area contributed by atoms with Crippen molar-refractivity contribution in [3.8, 4) is 41.2 Å². The van der Waals surface area contributed by atoms with E-state index in [0.29, 0.717) is 36.3 Å². The second-order valence-electron chi connectivity index (χ2n) is 12.3. The Bertz CT molecular complexity index is 1830. The highest BCUT2D eigenvalue weighted by Crippen LogP contribution is 2.47. The van der Waals surface area contributed by atoms with Crippen LogP contribution in [0.15, 0.2) is 24.3 Å². The third kappa shape index (κ3) is 6.67. The first-order valence-corrected chi connectivity index (χ1v) is 16.7. The fourth-order valence-electron chi connectivity index (χ4n) is 6.52. The van der Waals surface area contributed by atoms with Gasteiger partial charge < -0.3 is 34.4 Å². The van der Waals surface area contributed by atoms with E-state index in [9.17, 15) is 9.50 Å². The maximum atomic E-state index is 16.9. The number of terminal acetylenes is 1. The molecule has 254 valence electrons. The molecule has 3 aliphatic rings. The number of rotatable bonds is 8.